The van der Waals surface area contributed by atoms with Crippen LogP contribution in [0.3, 0.4) is 0 Å². The minimum atomic E-state index is 0.308. The molecule has 0 amide bonds. The van der Waals surface area contributed by atoms with Crippen LogP contribution in [-0.2, 0) is 0 Å². The van der Waals surface area contributed by atoms with E-state index in [1.807, 2.05) is 0 Å². The first-order valence-corrected chi connectivity index (χ1v) is 7.73. The maximum absolute atomic E-state index is 6.20. The Hall–Kier alpha value is -0.120. The first-order valence-electron chi connectivity index (χ1n) is 7.73. The SMILES string of the molecule is CC(C)CCN(C1CC1)C1(CN)CCN(C)CC1. The first-order chi connectivity index (χ1) is 8.57. The lowest BCUT2D eigenvalue weighted by Gasteiger charge is -2.48. The summed E-state index contributed by atoms with van der Waals surface area (Å²) >= 11 is 0. The highest BCUT2D eigenvalue weighted by molar-refractivity contribution is 5.01. The summed E-state index contributed by atoms with van der Waals surface area (Å²) in [5, 5.41) is 0. The highest BCUT2D eigenvalue weighted by Gasteiger charge is 2.44. The third-order valence-electron chi connectivity index (χ3n) is 4.84. The van der Waals surface area contributed by atoms with Crippen molar-refractivity contribution in [1.82, 2.24) is 9.80 Å². The van der Waals surface area contributed by atoms with E-state index in [0.717, 1.165) is 18.5 Å². The second kappa shape index (κ2) is 5.89. The average Bonchev–Trinajstić information content (AvgIpc) is 3.16. The molecular weight excluding hydrogens is 222 g/mol. The third-order valence-corrected chi connectivity index (χ3v) is 4.84. The molecule has 0 aromatic rings. The molecule has 0 aromatic carbocycles. The van der Waals surface area contributed by atoms with Gasteiger partial charge < -0.3 is 10.6 Å². The third kappa shape index (κ3) is 3.25. The molecule has 1 saturated heterocycles. The molecule has 2 rings (SSSR count). The van der Waals surface area contributed by atoms with E-state index >= 15 is 0 Å². The van der Waals surface area contributed by atoms with Crippen molar-refractivity contribution in [2.24, 2.45) is 11.7 Å². The number of nitrogens with zero attached hydrogens (tertiary/aromatic N) is 2. The largest absolute Gasteiger partial charge is 0.329 e. The van der Waals surface area contributed by atoms with Gasteiger partial charge in [0.1, 0.15) is 0 Å². The molecule has 2 N–H and O–H groups in total. The van der Waals surface area contributed by atoms with E-state index in [0.29, 0.717) is 5.54 Å². The molecule has 1 aliphatic heterocycles. The van der Waals surface area contributed by atoms with E-state index in [1.54, 1.807) is 0 Å². The standard InChI is InChI=1S/C15H31N3/c1-13(2)6-9-18(14-4-5-14)15(12-16)7-10-17(3)11-8-15/h13-14H,4-12,16H2,1-3H3. The zero-order valence-corrected chi connectivity index (χ0v) is 12.5. The predicted molar refractivity (Wildman–Crippen MR) is 77.7 cm³/mol. The van der Waals surface area contributed by atoms with Crippen molar-refractivity contribution in [2.75, 3.05) is 33.2 Å². The summed E-state index contributed by atoms with van der Waals surface area (Å²) in [5.74, 6) is 0.798. The minimum absolute atomic E-state index is 0.308. The van der Waals surface area contributed by atoms with Crippen LogP contribution >= 0.6 is 0 Å². The highest BCUT2D eigenvalue weighted by Crippen LogP contribution is 2.38. The lowest BCUT2D eigenvalue weighted by atomic mass is 9.85. The van der Waals surface area contributed by atoms with Gasteiger partial charge in [-0.2, -0.15) is 0 Å². The van der Waals surface area contributed by atoms with E-state index in [4.69, 9.17) is 5.73 Å². The lowest BCUT2D eigenvalue weighted by Crippen LogP contribution is -2.60. The van der Waals surface area contributed by atoms with E-state index in [2.05, 4.69) is 30.7 Å². The fourth-order valence-electron chi connectivity index (χ4n) is 3.23. The Morgan fingerprint density at radius 3 is 2.33 bits per heavy atom. The van der Waals surface area contributed by atoms with Gasteiger partial charge in [0.25, 0.3) is 0 Å². The first kappa shape index (κ1) is 14.3. The van der Waals surface area contributed by atoms with Crippen LogP contribution in [0.25, 0.3) is 0 Å². The smallest absolute Gasteiger partial charge is 0.0358 e. The summed E-state index contributed by atoms with van der Waals surface area (Å²) in [7, 11) is 2.23. The van der Waals surface area contributed by atoms with E-state index in [1.165, 1.54) is 51.7 Å². The molecule has 3 nitrogen and oxygen atoms in total. The molecule has 0 unspecified atom stereocenters. The molecule has 0 spiro atoms. The number of rotatable bonds is 6. The quantitative estimate of drug-likeness (QED) is 0.785. The van der Waals surface area contributed by atoms with Gasteiger partial charge in [0.05, 0.1) is 0 Å². The summed E-state index contributed by atoms with van der Waals surface area (Å²) in [5.41, 5.74) is 6.50. The molecule has 0 aromatic heterocycles. The number of piperidine rings is 1. The molecule has 1 aliphatic carbocycles. The van der Waals surface area contributed by atoms with Crippen molar-refractivity contribution in [3.8, 4) is 0 Å². The molecule has 2 fully saturated rings. The van der Waals surface area contributed by atoms with E-state index in [-0.39, 0.29) is 0 Å². The fraction of sp³-hybridized carbons (Fsp3) is 1.00. The van der Waals surface area contributed by atoms with Gasteiger partial charge in [-0.3, -0.25) is 4.90 Å². The Morgan fingerprint density at radius 2 is 1.89 bits per heavy atom. The van der Waals surface area contributed by atoms with Crippen molar-refractivity contribution in [2.45, 2.75) is 57.5 Å². The van der Waals surface area contributed by atoms with Crippen molar-refractivity contribution >= 4 is 0 Å². The lowest BCUT2D eigenvalue weighted by molar-refractivity contribution is 0.0239. The van der Waals surface area contributed by atoms with Gasteiger partial charge in [-0.05, 0) is 64.7 Å². The molecule has 0 radical (unpaired) electrons. The van der Waals surface area contributed by atoms with Gasteiger partial charge in [0.15, 0.2) is 0 Å². The van der Waals surface area contributed by atoms with Crippen LogP contribution in [-0.4, -0.2) is 54.6 Å². The Labute approximate surface area is 113 Å². The monoisotopic (exact) mass is 253 g/mol. The van der Waals surface area contributed by atoms with E-state index in [9.17, 15) is 0 Å². The van der Waals surface area contributed by atoms with Crippen LogP contribution in [0.1, 0.15) is 46.0 Å². The average molecular weight is 253 g/mol. The zero-order chi connectivity index (χ0) is 13.2. The van der Waals surface area contributed by atoms with Crippen molar-refractivity contribution < 1.29 is 0 Å². The summed E-state index contributed by atoms with van der Waals surface area (Å²) in [6.07, 6.45) is 6.63. The Bertz CT molecular complexity index is 252. The van der Waals surface area contributed by atoms with Crippen LogP contribution in [0, 0.1) is 5.92 Å². The van der Waals surface area contributed by atoms with Crippen LogP contribution in [0.4, 0.5) is 0 Å². The van der Waals surface area contributed by atoms with Crippen molar-refractivity contribution in [1.29, 1.82) is 0 Å². The van der Waals surface area contributed by atoms with Gasteiger partial charge in [0, 0.05) is 18.1 Å². The maximum Gasteiger partial charge on any atom is 0.0358 e. The van der Waals surface area contributed by atoms with Crippen LogP contribution in [0.15, 0.2) is 0 Å². The minimum Gasteiger partial charge on any atom is -0.329 e. The summed E-state index contributed by atoms with van der Waals surface area (Å²) in [6.45, 7) is 9.17. The Kier molecular flexibility index (Phi) is 4.68. The maximum atomic E-state index is 6.20. The Balaban J connectivity index is 2.01. The summed E-state index contributed by atoms with van der Waals surface area (Å²) < 4.78 is 0. The second-order valence-electron chi connectivity index (χ2n) is 6.84. The van der Waals surface area contributed by atoms with Crippen molar-refractivity contribution in [3.63, 3.8) is 0 Å². The predicted octanol–water partition coefficient (Wildman–Crippen LogP) is 1.92. The molecule has 1 heterocycles. The van der Waals surface area contributed by atoms with Gasteiger partial charge >= 0.3 is 0 Å². The number of likely N-dealkylation sites (tertiary alicyclic amines) is 1. The highest BCUT2D eigenvalue weighted by atomic mass is 15.3. The number of hydrogen-bond acceptors (Lipinski definition) is 3. The Morgan fingerprint density at radius 1 is 1.28 bits per heavy atom. The van der Waals surface area contributed by atoms with Crippen LogP contribution < -0.4 is 5.73 Å². The topological polar surface area (TPSA) is 32.5 Å². The number of nitrogens with two attached hydrogens (primary N) is 1. The fourth-order valence-corrected chi connectivity index (χ4v) is 3.23. The molecule has 3 heteroatoms. The molecule has 0 atom stereocenters. The molecule has 0 bridgehead atoms. The molecule has 1 saturated carbocycles. The molecule has 2 aliphatic rings. The van der Waals surface area contributed by atoms with Gasteiger partial charge in [0.2, 0.25) is 0 Å². The molecule has 106 valence electrons. The van der Waals surface area contributed by atoms with Crippen LogP contribution in [0.5, 0.6) is 0 Å². The normalized spacial score (nSPS) is 25.0. The number of hydrogen-bond donors (Lipinski definition) is 1. The molecular formula is C15H31N3. The second-order valence-corrected chi connectivity index (χ2v) is 6.84. The summed E-state index contributed by atoms with van der Waals surface area (Å²) in [6, 6.07) is 0.843. The van der Waals surface area contributed by atoms with Crippen molar-refractivity contribution in [3.05, 3.63) is 0 Å². The summed E-state index contributed by atoms with van der Waals surface area (Å²) in [4.78, 5) is 5.24. The van der Waals surface area contributed by atoms with Gasteiger partial charge in [-0.15, -0.1) is 0 Å². The van der Waals surface area contributed by atoms with Gasteiger partial charge in [-0.1, -0.05) is 13.8 Å². The molecule has 18 heavy (non-hydrogen) atoms. The van der Waals surface area contributed by atoms with Crippen LogP contribution in [0.2, 0.25) is 0 Å². The van der Waals surface area contributed by atoms with Gasteiger partial charge in [-0.25, -0.2) is 0 Å². The zero-order valence-electron chi connectivity index (χ0n) is 12.5. The van der Waals surface area contributed by atoms with E-state index < -0.39 is 0 Å².